The number of rotatable bonds is 7. The number of piperidine rings is 2. The van der Waals surface area contributed by atoms with Crippen LogP contribution in [0.4, 0.5) is 21.5 Å². The molecule has 0 aliphatic carbocycles. The van der Waals surface area contributed by atoms with Crippen LogP contribution in [0.1, 0.15) is 48.0 Å². The maximum atomic E-state index is 13.1. The minimum Gasteiger partial charge on any atom is -0.356 e. The Morgan fingerprint density at radius 1 is 0.750 bits per heavy atom. The minimum atomic E-state index is -0.270. The van der Waals surface area contributed by atoms with Crippen molar-refractivity contribution in [1.82, 2.24) is 9.80 Å². The lowest BCUT2D eigenvalue weighted by Gasteiger charge is -2.40. The smallest absolute Gasteiger partial charge is 0.255 e. The van der Waals surface area contributed by atoms with Crippen LogP contribution in [-0.4, -0.2) is 47.9 Å². The van der Waals surface area contributed by atoms with Crippen LogP contribution in [0.5, 0.6) is 0 Å². The molecule has 2 N–H and O–H groups in total. The molecule has 0 bridgehead atoms. The van der Waals surface area contributed by atoms with Crippen molar-refractivity contribution in [3.05, 3.63) is 89.7 Å². The molecule has 1 amide bonds. The van der Waals surface area contributed by atoms with Crippen molar-refractivity contribution < 1.29 is 9.18 Å². The molecule has 2 fully saturated rings. The average Bonchev–Trinajstić information content (AvgIpc) is 2.92. The standard InChI is InChI=1S/C30H35FN4O/c31-25-8-14-27(15-9-25)32-26-12-6-24(7-13-26)30(36)33-28-10-4-23(5-11-28)22-34-20-16-29(17-21-34)35-18-2-1-3-19-35/h4-15,29,32H,1-3,16-22H2,(H,33,36). The van der Waals surface area contributed by atoms with Gasteiger partial charge in [0.2, 0.25) is 0 Å². The molecule has 2 aliphatic rings. The molecule has 2 aliphatic heterocycles. The van der Waals surface area contributed by atoms with E-state index < -0.39 is 0 Å². The highest BCUT2D eigenvalue weighted by molar-refractivity contribution is 6.04. The van der Waals surface area contributed by atoms with Gasteiger partial charge in [0.1, 0.15) is 5.82 Å². The van der Waals surface area contributed by atoms with E-state index in [1.807, 2.05) is 24.3 Å². The summed E-state index contributed by atoms with van der Waals surface area (Å²) in [6.45, 7) is 5.85. The molecule has 0 unspecified atom stereocenters. The summed E-state index contributed by atoms with van der Waals surface area (Å²) >= 11 is 0. The summed E-state index contributed by atoms with van der Waals surface area (Å²) in [7, 11) is 0. The zero-order chi connectivity index (χ0) is 24.7. The molecular weight excluding hydrogens is 451 g/mol. The van der Waals surface area contributed by atoms with Crippen molar-refractivity contribution in [1.29, 1.82) is 0 Å². The number of nitrogens with zero attached hydrogens (tertiary/aromatic N) is 2. The second kappa shape index (κ2) is 11.7. The van der Waals surface area contributed by atoms with E-state index in [4.69, 9.17) is 0 Å². The first-order chi connectivity index (χ1) is 17.6. The monoisotopic (exact) mass is 486 g/mol. The summed E-state index contributed by atoms with van der Waals surface area (Å²) in [5, 5.41) is 6.19. The van der Waals surface area contributed by atoms with Gasteiger partial charge in [0.05, 0.1) is 0 Å². The summed E-state index contributed by atoms with van der Waals surface area (Å²) in [5.74, 6) is -0.413. The number of amides is 1. The highest BCUT2D eigenvalue weighted by Crippen LogP contribution is 2.23. The van der Waals surface area contributed by atoms with Crippen LogP contribution in [0.25, 0.3) is 0 Å². The fourth-order valence-electron chi connectivity index (χ4n) is 5.29. The Morgan fingerprint density at radius 3 is 1.97 bits per heavy atom. The maximum absolute atomic E-state index is 13.1. The van der Waals surface area contributed by atoms with E-state index in [1.54, 1.807) is 24.3 Å². The Bertz CT molecular complexity index is 1120. The number of anilines is 3. The van der Waals surface area contributed by atoms with E-state index in [9.17, 15) is 9.18 Å². The first-order valence-electron chi connectivity index (χ1n) is 13.1. The molecule has 2 heterocycles. The second-order valence-electron chi connectivity index (χ2n) is 9.96. The predicted molar refractivity (Wildman–Crippen MR) is 144 cm³/mol. The Kier molecular flexibility index (Phi) is 7.94. The number of likely N-dealkylation sites (tertiary alicyclic amines) is 2. The lowest BCUT2D eigenvalue weighted by molar-refractivity contribution is 0.0896. The van der Waals surface area contributed by atoms with E-state index in [0.717, 1.165) is 42.7 Å². The summed E-state index contributed by atoms with van der Waals surface area (Å²) in [4.78, 5) is 18.0. The number of hydrogen-bond donors (Lipinski definition) is 2. The first kappa shape index (κ1) is 24.5. The number of carbonyl (C=O) groups is 1. The first-order valence-corrected chi connectivity index (χ1v) is 13.1. The summed E-state index contributed by atoms with van der Waals surface area (Å²) in [5.41, 5.74) is 4.28. The number of benzene rings is 3. The highest BCUT2D eigenvalue weighted by Gasteiger charge is 2.25. The van der Waals surface area contributed by atoms with Gasteiger partial charge in [-0.15, -0.1) is 0 Å². The van der Waals surface area contributed by atoms with Gasteiger partial charge < -0.3 is 15.5 Å². The van der Waals surface area contributed by atoms with E-state index in [1.165, 1.54) is 62.9 Å². The second-order valence-corrected chi connectivity index (χ2v) is 9.96. The lowest BCUT2D eigenvalue weighted by Crippen LogP contribution is -2.46. The molecule has 188 valence electrons. The molecule has 3 aromatic carbocycles. The van der Waals surface area contributed by atoms with Crippen LogP contribution in [0.15, 0.2) is 72.8 Å². The van der Waals surface area contributed by atoms with Gasteiger partial charge in [0, 0.05) is 35.2 Å². The SMILES string of the molecule is O=C(Nc1ccc(CN2CCC(N3CCCCC3)CC2)cc1)c1ccc(Nc2ccc(F)cc2)cc1. The lowest BCUT2D eigenvalue weighted by atomic mass is 9.99. The molecule has 0 aromatic heterocycles. The topological polar surface area (TPSA) is 47.6 Å². The van der Waals surface area contributed by atoms with E-state index >= 15 is 0 Å². The summed E-state index contributed by atoms with van der Waals surface area (Å²) in [6.07, 6.45) is 6.67. The van der Waals surface area contributed by atoms with Crippen LogP contribution >= 0.6 is 0 Å². The van der Waals surface area contributed by atoms with Crippen LogP contribution in [0.3, 0.4) is 0 Å². The van der Waals surface area contributed by atoms with Crippen molar-refractivity contribution in [3.63, 3.8) is 0 Å². The third kappa shape index (κ3) is 6.50. The molecule has 0 atom stereocenters. The van der Waals surface area contributed by atoms with Crippen LogP contribution in [0, 0.1) is 5.82 Å². The average molecular weight is 487 g/mol. The maximum Gasteiger partial charge on any atom is 0.255 e. The van der Waals surface area contributed by atoms with Gasteiger partial charge in [-0.2, -0.15) is 0 Å². The van der Waals surface area contributed by atoms with Crippen LogP contribution < -0.4 is 10.6 Å². The summed E-state index contributed by atoms with van der Waals surface area (Å²) < 4.78 is 13.1. The Hall–Kier alpha value is -3.22. The van der Waals surface area contributed by atoms with E-state index in [2.05, 4.69) is 32.6 Å². The van der Waals surface area contributed by atoms with Crippen molar-refractivity contribution in [2.75, 3.05) is 36.8 Å². The van der Waals surface area contributed by atoms with Gasteiger partial charge in [-0.1, -0.05) is 18.6 Å². The Morgan fingerprint density at radius 2 is 1.33 bits per heavy atom. The van der Waals surface area contributed by atoms with E-state index in [-0.39, 0.29) is 11.7 Å². The number of nitrogens with one attached hydrogen (secondary N) is 2. The molecule has 6 heteroatoms. The van der Waals surface area contributed by atoms with Crippen molar-refractivity contribution in [2.45, 2.75) is 44.7 Å². The van der Waals surface area contributed by atoms with Gasteiger partial charge in [-0.25, -0.2) is 4.39 Å². The third-order valence-electron chi connectivity index (χ3n) is 7.36. The number of carbonyl (C=O) groups excluding carboxylic acids is 1. The van der Waals surface area contributed by atoms with Gasteiger partial charge in [0.25, 0.3) is 5.91 Å². The molecular formula is C30H35FN4O. The third-order valence-corrected chi connectivity index (χ3v) is 7.36. The van der Waals surface area contributed by atoms with E-state index in [0.29, 0.717) is 5.56 Å². The zero-order valence-electron chi connectivity index (χ0n) is 20.8. The van der Waals surface area contributed by atoms with Gasteiger partial charge >= 0.3 is 0 Å². The molecule has 2 saturated heterocycles. The van der Waals surface area contributed by atoms with Gasteiger partial charge in [-0.05, 0) is 118 Å². The van der Waals surface area contributed by atoms with Gasteiger partial charge in [-0.3, -0.25) is 9.69 Å². The van der Waals surface area contributed by atoms with Crippen LogP contribution in [-0.2, 0) is 6.54 Å². The molecule has 5 nitrogen and oxygen atoms in total. The minimum absolute atomic E-state index is 0.143. The molecule has 3 aromatic rings. The Balaban J connectivity index is 1.09. The fraction of sp³-hybridized carbons (Fsp3) is 0.367. The molecule has 0 radical (unpaired) electrons. The number of hydrogen-bond acceptors (Lipinski definition) is 4. The zero-order valence-corrected chi connectivity index (χ0v) is 20.8. The Labute approximate surface area is 213 Å². The highest BCUT2D eigenvalue weighted by atomic mass is 19.1. The van der Waals surface area contributed by atoms with Crippen molar-refractivity contribution >= 4 is 23.0 Å². The molecule has 5 rings (SSSR count). The molecule has 36 heavy (non-hydrogen) atoms. The summed E-state index contributed by atoms with van der Waals surface area (Å²) in [6, 6.07) is 22.4. The largest absolute Gasteiger partial charge is 0.356 e. The fourth-order valence-corrected chi connectivity index (χ4v) is 5.29. The molecule has 0 spiro atoms. The molecule has 0 saturated carbocycles. The quantitative estimate of drug-likeness (QED) is 0.413. The van der Waals surface area contributed by atoms with Crippen LogP contribution in [0.2, 0.25) is 0 Å². The van der Waals surface area contributed by atoms with Gasteiger partial charge in [0.15, 0.2) is 0 Å². The van der Waals surface area contributed by atoms with Crippen molar-refractivity contribution in [3.8, 4) is 0 Å². The normalized spacial score (nSPS) is 17.6. The van der Waals surface area contributed by atoms with Crippen molar-refractivity contribution in [2.24, 2.45) is 0 Å². The number of halogens is 1. The predicted octanol–water partition coefficient (Wildman–Crippen LogP) is 6.27.